The minimum atomic E-state index is -0.798. The lowest BCUT2D eigenvalue weighted by Crippen LogP contribution is -2.11. The summed E-state index contributed by atoms with van der Waals surface area (Å²) >= 11 is 2.95. The van der Waals surface area contributed by atoms with E-state index in [2.05, 4.69) is 15.9 Å². The number of carbonyl (C=O) groups is 1. The molecular formula is C12H11BrF2O. The fourth-order valence-corrected chi connectivity index (χ4v) is 2.17. The zero-order chi connectivity index (χ0) is 12.1. The van der Waals surface area contributed by atoms with E-state index in [1.807, 2.05) is 13.8 Å². The van der Waals surface area contributed by atoms with E-state index in [-0.39, 0.29) is 15.8 Å². The molecule has 0 N–H and O–H groups in total. The molecule has 1 aromatic rings. The van der Waals surface area contributed by atoms with Gasteiger partial charge in [0.2, 0.25) is 0 Å². The average molecular weight is 289 g/mol. The van der Waals surface area contributed by atoms with Crippen LogP contribution in [0, 0.1) is 23.0 Å². The fraction of sp³-hybridized carbons (Fsp3) is 0.417. The first-order valence-electron chi connectivity index (χ1n) is 5.02. The van der Waals surface area contributed by atoms with Crippen molar-refractivity contribution in [1.82, 2.24) is 0 Å². The van der Waals surface area contributed by atoms with E-state index in [0.717, 1.165) is 6.07 Å². The third-order valence-corrected chi connectivity index (χ3v) is 3.73. The van der Waals surface area contributed by atoms with E-state index in [1.165, 1.54) is 6.07 Å². The number of carbonyl (C=O) groups excluding carboxylic acids is 1. The molecule has 0 saturated heterocycles. The van der Waals surface area contributed by atoms with Gasteiger partial charge in [-0.3, -0.25) is 4.79 Å². The summed E-state index contributed by atoms with van der Waals surface area (Å²) in [5.41, 5.74) is -0.539. The second kappa shape index (κ2) is 3.62. The van der Waals surface area contributed by atoms with Crippen molar-refractivity contribution in [2.24, 2.45) is 11.3 Å². The second-order valence-corrected chi connectivity index (χ2v) is 5.68. The van der Waals surface area contributed by atoms with Gasteiger partial charge in [0.25, 0.3) is 0 Å². The summed E-state index contributed by atoms with van der Waals surface area (Å²) in [6.45, 7) is 3.84. The van der Waals surface area contributed by atoms with E-state index in [0.29, 0.717) is 6.42 Å². The van der Waals surface area contributed by atoms with Gasteiger partial charge in [-0.05, 0) is 39.9 Å². The largest absolute Gasteiger partial charge is 0.294 e. The van der Waals surface area contributed by atoms with Crippen LogP contribution in [0.5, 0.6) is 0 Å². The summed E-state index contributed by atoms with van der Waals surface area (Å²) in [4.78, 5) is 11.9. The van der Waals surface area contributed by atoms with Crippen LogP contribution in [0.25, 0.3) is 0 Å². The van der Waals surface area contributed by atoms with Gasteiger partial charge in [-0.25, -0.2) is 8.78 Å². The molecule has 86 valence electrons. The highest BCUT2D eigenvalue weighted by molar-refractivity contribution is 9.10. The number of Topliss-reactive ketones (excluding diaryl/α,β-unsaturated/α-hetero) is 1. The lowest BCUT2D eigenvalue weighted by atomic mass is 10.0. The van der Waals surface area contributed by atoms with Crippen molar-refractivity contribution in [2.45, 2.75) is 20.3 Å². The Morgan fingerprint density at radius 1 is 1.44 bits per heavy atom. The normalized spacial score (nSPS) is 21.9. The number of rotatable bonds is 2. The van der Waals surface area contributed by atoms with Gasteiger partial charge in [-0.1, -0.05) is 13.8 Å². The first-order valence-corrected chi connectivity index (χ1v) is 5.81. The molecule has 0 heterocycles. The van der Waals surface area contributed by atoms with Crippen molar-refractivity contribution in [2.75, 3.05) is 0 Å². The maximum absolute atomic E-state index is 13.6. The molecule has 0 aliphatic heterocycles. The van der Waals surface area contributed by atoms with Crippen molar-refractivity contribution in [3.63, 3.8) is 0 Å². The van der Waals surface area contributed by atoms with Crippen molar-refractivity contribution >= 4 is 21.7 Å². The maximum Gasteiger partial charge on any atom is 0.172 e. The third kappa shape index (κ3) is 1.79. The third-order valence-electron chi connectivity index (χ3n) is 3.12. The SMILES string of the molecule is CC1(C)CC1C(=O)c1c(F)ccc(Br)c1F. The van der Waals surface area contributed by atoms with Crippen molar-refractivity contribution in [3.8, 4) is 0 Å². The van der Waals surface area contributed by atoms with Crippen LogP contribution in [0.2, 0.25) is 0 Å². The highest BCUT2D eigenvalue weighted by Gasteiger charge is 2.51. The summed E-state index contributed by atoms with van der Waals surface area (Å²) in [6.07, 6.45) is 0.692. The van der Waals surface area contributed by atoms with Crippen molar-refractivity contribution in [3.05, 3.63) is 33.8 Å². The minimum Gasteiger partial charge on any atom is -0.294 e. The van der Waals surface area contributed by atoms with Gasteiger partial charge in [0.05, 0.1) is 10.0 Å². The van der Waals surface area contributed by atoms with E-state index < -0.39 is 23.0 Å². The first kappa shape index (κ1) is 11.7. The van der Waals surface area contributed by atoms with Gasteiger partial charge < -0.3 is 0 Å². The van der Waals surface area contributed by atoms with E-state index in [4.69, 9.17) is 0 Å². The second-order valence-electron chi connectivity index (χ2n) is 4.83. The van der Waals surface area contributed by atoms with Crippen LogP contribution in [0.15, 0.2) is 16.6 Å². The summed E-state index contributed by atoms with van der Waals surface area (Å²) in [5.74, 6) is -2.27. The number of benzene rings is 1. The van der Waals surface area contributed by atoms with Crippen LogP contribution in [0.1, 0.15) is 30.6 Å². The molecule has 1 nitrogen and oxygen atoms in total. The van der Waals surface area contributed by atoms with Crippen LogP contribution >= 0.6 is 15.9 Å². The zero-order valence-corrected chi connectivity index (χ0v) is 10.6. The zero-order valence-electron chi connectivity index (χ0n) is 8.98. The molecule has 4 heteroatoms. The quantitative estimate of drug-likeness (QED) is 0.595. The average Bonchev–Trinajstić information content (AvgIpc) is 2.82. The van der Waals surface area contributed by atoms with Crippen LogP contribution in [0.4, 0.5) is 8.78 Å². The molecule has 0 aromatic heterocycles. The van der Waals surface area contributed by atoms with Crippen LogP contribution in [0.3, 0.4) is 0 Å². The summed E-state index contributed by atoms with van der Waals surface area (Å²) in [6, 6.07) is 2.37. The molecule has 1 aromatic carbocycles. The van der Waals surface area contributed by atoms with Gasteiger partial charge in [0.1, 0.15) is 5.82 Å². The van der Waals surface area contributed by atoms with Gasteiger partial charge in [0.15, 0.2) is 11.6 Å². The predicted octanol–water partition coefficient (Wildman–Crippen LogP) is 3.96. The standard InChI is InChI=1S/C12H11BrF2O/c1-12(2)5-6(12)11(16)9-8(14)4-3-7(13)10(9)15/h3-4,6H,5H2,1-2H3. The molecule has 1 aliphatic rings. The van der Waals surface area contributed by atoms with E-state index in [1.54, 1.807) is 0 Å². The van der Waals surface area contributed by atoms with Gasteiger partial charge >= 0.3 is 0 Å². The number of ketones is 1. The first-order chi connectivity index (χ1) is 7.34. The Kier molecular flexibility index (Phi) is 2.65. The summed E-state index contributed by atoms with van der Waals surface area (Å²) < 4.78 is 27.2. The van der Waals surface area contributed by atoms with Crippen molar-refractivity contribution < 1.29 is 13.6 Å². The van der Waals surface area contributed by atoms with Crippen LogP contribution in [-0.2, 0) is 0 Å². The molecule has 0 bridgehead atoms. The van der Waals surface area contributed by atoms with Crippen LogP contribution < -0.4 is 0 Å². The molecule has 0 spiro atoms. The summed E-state index contributed by atoms with van der Waals surface area (Å²) in [7, 11) is 0. The Bertz CT molecular complexity index is 468. The Hall–Kier alpha value is -0.770. The lowest BCUT2D eigenvalue weighted by Gasteiger charge is -2.06. The predicted molar refractivity (Wildman–Crippen MR) is 60.3 cm³/mol. The topological polar surface area (TPSA) is 17.1 Å². The molecule has 1 atom stereocenters. The molecule has 0 amide bonds. The summed E-state index contributed by atoms with van der Waals surface area (Å²) in [5, 5.41) is 0. The highest BCUT2D eigenvalue weighted by Crippen LogP contribution is 2.53. The lowest BCUT2D eigenvalue weighted by molar-refractivity contribution is 0.0944. The monoisotopic (exact) mass is 288 g/mol. The number of halogens is 3. The molecule has 2 rings (SSSR count). The fourth-order valence-electron chi connectivity index (χ4n) is 1.84. The molecular weight excluding hydrogens is 278 g/mol. The maximum atomic E-state index is 13.6. The minimum absolute atomic E-state index is 0.121. The molecule has 1 saturated carbocycles. The molecule has 1 fully saturated rings. The Morgan fingerprint density at radius 2 is 2.00 bits per heavy atom. The molecule has 1 aliphatic carbocycles. The van der Waals surface area contributed by atoms with Gasteiger partial charge in [-0.2, -0.15) is 0 Å². The van der Waals surface area contributed by atoms with Gasteiger partial charge in [-0.15, -0.1) is 0 Å². The number of hydrogen-bond acceptors (Lipinski definition) is 1. The highest BCUT2D eigenvalue weighted by atomic mass is 79.9. The van der Waals surface area contributed by atoms with E-state index >= 15 is 0 Å². The number of hydrogen-bond donors (Lipinski definition) is 0. The Balaban J connectivity index is 2.41. The molecule has 0 radical (unpaired) electrons. The Morgan fingerprint density at radius 3 is 2.50 bits per heavy atom. The molecule has 1 unspecified atom stereocenters. The van der Waals surface area contributed by atoms with Gasteiger partial charge in [0, 0.05) is 5.92 Å². The van der Waals surface area contributed by atoms with Crippen molar-refractivity contribution in [1.29, 1.82) is 0 Å². The smallest absolute Gasteiger partial charge is 0.172 e. The van der Waals surface area contributed by atoms with E-state index in [9.17, 15) is 13.6 Å². The Labute approximate surface area is 101 Å². The van der Waals surface area contributed by atoms with Crippen LogP contribution in [-0.4, -0.2) is 5.78 Å². The molecule has 16 heavy (non-hydrogen) atoms.